The van der Waals surface area contributed by atoms with Crippen LogP contribution in [0.4, 0.5) is 5.82 Å². The number of anilines is 1. The van der Waals surface area contributed by atoms with Gasteiger partial charge in [-0.2, -0.15) is 0 Å². The van der Waals surface area contributed by atoms with Gasteiger partial charge in [0, 0.05) is 6.04 Å². The summed E-state index contributed by atoms with van der Waals surface area (Å²) in [5, 5.41) is 0. The number of hydrogen-bond acceptors (Lipinski definition) is 4. The zero-order valence-corrected chi connectivity index (χ0v) is 7.64. The summed E-state index contributed by atoms with van der Waals surface area (Å²) in [5.74, 6) is 0.433. The molecule has 0 aliphatic rings. The van der Waals surface area contributed by atoms with Crippen LogP contribution >= 0.6 is 0 Å². The van der Waals surface area contributed by atoms with Gasteiger partial charge in [0.15, 0.2) is 0 Å². The summed E-state index contributed by atoms with van der Waals surface area (Å²) in [5.41, 5.74) is 11.8. The molecule has 1 aromatic rings. The molecule has 0 unspecified atom stereocenters. The number of rotatable bonds is 3. The van der Waals surface area contributed by atoms with Crippen molar-refractivity contribution >= 4 is 11.9 Å². The molecule has 13 heavy (non-hydrogen) atoms. The second-order valence-electron chi connectivity index (χ2n) is 2.98. The molecular formula is C9H14N4. The molecule has 1 aromatic heterocycles. The third kappa shape index (κ3) is 3.66. The Kier molecular flexibility index (Phi) is 3.40. The van der Waals surface area contributed by atoms with Crippen LogP contribution < -0.4 is 11.5 Å². The quantitative estimate of drug-likeness (QED) is 0.718. The zero-order chi connectivity index (χ0) is 9.68. The van der Waals surface area contributed by atoms with Gasteiger partial charge in [0.1, 0.15) is 5.82 Å². The van der Waals surface area contributed by atoms with E-state index in [1.165, 1.54) is 6.20 Å². The van der Waals surface area contributed by atoms with E-state index in [1.54, 1.807) is 6.20 Å². The van der Waals surface area contributed by atoms with Crippen molar-refractivity contribution in [1.29, 1.82) is 0 Å². The molecule has 0 aromatic carbocycles. The van der Waals surface area contributed by atoms with Gasteiger partial charge in [0.25, 0.3) is 0 Å². The number of nitrogens with zero attached hydrogens (tertiary/aromatic N) is 2. The topological polar surface area (TPSA) is 77.8 Å². The predicted molar refractivity (Wildman–Crippen MR) is 53.7 cm³/mol. The van der Waals surface area contributed by atoms with E-state index < -0.39 is 0 Å². The van der Waals surface area contributed by atoms with E-state index in [0.29, 0.717) is 5.82 Å². The molecule has 1 atom stereocenters. The zero-order valence-electron chi connectivity index (χ0n) is 7.64. The summed E-state index contributed by atoms with van der Waals surface area (Å²) in [4.78, 5) is 7.97. The summed E-state index contributed by atoms with van der Waals surface area (Å²) in [6.45, 7) is 1.95. The minimum absolute atomic E-state index is 0.172. The first kappa shape index (κ1) is 9.67. The maximum Gasteiger partial charge on any atom is 0.142 e. The lowest BCUT2D eigenvalue weighted by Gasteiger charge is -1.97. The molecule has 70 valence electrons. The Labute approximate surface area is 77.7 Å². The Morgan fingerprint density at radius 3 is 2.92 bits per heavy atom. The number of nitrogens with two attached hydrogens (primary N) is 2. The second-order valence-corrected chi connectivity index (χ2v) is 2.98. The van der Waals surface area contributed by atoms with E-state index in [2.05, 4.69) is 9.97 Å². The van der Waals surface area contributed by atoms with Crippen molar-refractivity contribution in [2.75, 3.05) is 5.73 Å². The van der Waals surface area contributed by atoms with Crippen molar-refractivity contribution < 1.29 is 0 Å². The van der Waals surface area contributed by atoms with Crippen LogP contribution in [0.1, 0.15) is 19.0 Å². The first-order valence-corrected chi connectivity index (χ1v) is 4.18. The molecule has 0 spiro atoms. The standard InChI is InChI=1S/C9H14N4/c1-7(10)3-2-4-8-5-12-6-9(11)13-8/h2,4-7H,3,10H2,1H3,(H2,11,13)/b4-2+/t7-/m0/s1. The van der Waals surface area contributed by atoms with Crippen LogP contribution in [-0.2, 0) is 0 Å². The molecule has 1 heterocycles. The van der Waals surface area contributed by atoms with E-state index in [0.717, 1.165) is 12.1 Å². The van der Waals surface area contributed by atoms with E-state index in [4.69, 9.17) is 11.5 Å². The van der Waals surface area contributed by atoms with E-state index in [9.17, 15) is 0 Å². The fourth-order valence-corrected chi connectivity index (χ4v) is 0.881. The summed E-state index contributed by atoms with van der Waals surface area (Å²) < 4.78 is 0. The number of aromatic nitrogens is 2. The van der Waals surface area contributed by atoms with Crippen LogP contribution in [0.3, 0.4) is 0 Å². The van der Waals surface area contributed by atoms with Crippen molar-refractivity contribution in [2.24, 2.45) is 5.73 Å². The van der Waals surface area contributed by atoms with E-state index >= 15 is 0 Å². The van der Waals surface area contributed by atoms with Gasteiger partial charge in [0.05, 0.1) is 18.1 Å². The van der Waals surface area contributed by atoms with Crippen LogP contribution in [0.15, 0.2) is 18.5 Å². The van der Waals surface area contributed by atoms with E-state index in [-0.39, 0.29) is 6.04 Å². The normalized spacial score (nSPS) is 13.4. The number of hydrogen-bond donors (Lipinski definition) is 2. The van der Waals surface area contributed by atoms with Gasteiger partial charge in [-0.1, -0.05) is 6.08 Å². The molecule has 0 saturated carbocycles. The average molecular weight is 178 g/mol. The Balaban J connectivity index is 2.58. The van der Waals surface area contributed by atoms with Gasteiger partial charge < -0.3 is 11.5 Å². The minimum atomic E-state index is 0.172. The van der Waals surface area contributed by atoms with Crippen molar-refractivity contribution in [2.45, 2.75) is 19.4 Å². The molecule has 1 rings (SSSR count). The third-order valence-corrected chi connectivity index (χ3v) is 1.47. The Morgan fingerprint density at radius 1 is 1.54 bits per heavy atom. The van der Waals surface area contributed by atoms with Gasteiger partial charge >= 0.3 is 0 Å². The molecule has 0 aliphatic heterocycles. The fourth-order valence-electron chi connectivity index (χ4n) is 0.881. The highest BCUT2D eigenvalue weighted by Crippen LogP contribution is 2.00. The average Bonchev–Trinajstić information content (AvgIpc) is 2.03. The van der Waals surface area contributed by atoms with Gasteiger partial charge in [-0.15, -0.1) is 0 Å². The van der Waals surface area contributed by atoms with Crippen LogP contribution in [-0.4, -0.2) is 16.0 Å². The summed E-state index contributed by atoms with van der Waals surface area (Å²) in [6, 6.07) is 0.172. The third-order valence-electron chi connectivity index (χ3n) is 1.47. The lowest BCUT2D eigenvalue weighted by atomic mass is 10.2. The van der Waals surface area contributed by atoms with Crippen molar-refractivity contribution in [3.8, 4) is 0 Å². The maximum absolute atomic E-state index is 5.57. The minimum Gasteiger partial charge on any atom is -0.382 e. The van der Waals surface area contributed by atoms with Crippen LogP contribution in [0.2, 0.25) is 0 Å². The molecule has 0 aliphatic carbocycles. The molecular weight excluding hydrogens is 164 g/mol. The van der Waals surface area contributed by atoms with Gasteiger partial charge in [-0.25, -0.2) is 4.98 Å². The molecule has 4 nitrogen and oxygen atoms in total. The fraction of sp³-hybridized carbons (Fsp3) is 0.333. The first-order chi connectivity index (χ1) is 6.18. The van der Waals surface area contributed by atoms with Crippen molar-refractivity contribution in [3.05, 3.63) is 24.2 Å². The van der Waals surface area contributed by atoms with Crippen LogP contribution in [0.25, 0.3) is 6.08 Å². The Morgan fingerprint density at radius 2 is 2.31 bits per heavy atom. The molecule has 4 heteroatoms. The summed E-state index contributed by atoms with van der Waals surface area (Å²) >= 11 is 0. The van der Waals surface area contributed by atoms with Crippen LogP contribution in [0, 0.1) is 0 Å². The SMILES string of the molecule is C[C@H](N)C/C=C/c1cncc(N)n1. The molecule has 0 radical (unpaired) electrons. The second kappa shape index (κ2) is 4.57. The van der Waals surface area contributed by atoms with Gasteiger partial charge in [-0.3, -0.25) is 4.98 Å². The molecule has 0 saturated heterocycles. The predicted octanol–water partition coefficient (Wildman–Crippen LogP) is 0.809. The largest absolute Gasteiger partial charge is 0.382 e. The molecule has 0 amide bonds. The van der Waals surface area contributed by atoms with Crippen LogP contribution in [0.5, 0.6) is 0 Å². The summed E-state index contributed by atoms with van der Waals surface area (Å²) in [6.07, 6.45) is 7.84. The molecule has 0 fully saturated rings. The van der Waals surface area contributed by atoms with E-state index in [1.807, 2.05) is 19.1 Å². The molecule has 4 N–H and O–H groups in total. The smallest absolute Gasteiger partial charge is 0.142 e. The van der Waals surface area contributed by atoms with Crippen molar-refractivity contribution in [1.82, 2.24) is 9.97 Å². The monoisotopic (exact) mass is 178 g/mol. The lowest BCUT2D eigenvalue weighted by Crippen LogP contribution is -2.12. The van der Waals surface area contributed by atoms with Gasteiger partial charge in [0.2, 0.25) is 0 Å². The first-order valence-electron chi connectivity index (χ1n) is 4.18. The highest BCUT2D eigenvalue weighted by molar-refractivity contribution is 5.45. The highest BCUT2D eigenvalue weighted by Gasteiger charge is 1.91. The Hall–Kier alpha value is -1.42. The number of nitrogen functional groups attached to an aromatic ring is 1. The molecule has 0 bridgehead atoms. The lowest BCUT2D eigenvalue weighted by molar-refractivity contribution is 0.759. The summed E-state index contributed by atoms with van der Waals surface area (Å²) in [7, 11) is 0. The van der Waals surface area contributed by atoms with Crippen molar-refractivity contribution in [3.63, 3.8) is 0 Å². The van der Waals surface area contributed by atoms with Gasteiger partial charge in [-0.05, 0) is 19.4 Å². The maximum atomic E-state index is 5.57. The Bertz CT molecular complexity index is 293. The highest BCUT2D eigenvalue weighted by atomic mass is 14.9.